The van der Waals surface area contributed by atoms with E-state index in [0.717, 1.165) is 66.8 Å². The van der Waals surface area contributed by atoms with Crippen molar-refractivity contribution in [2.75, 3.05) is 0 Å². The quantitative estimate of drug-likeness (QED) is 0.377. The normalized spacial score (nSPS) is 11.5. The zero-order valence-electron chi connectivity index (χ0n) is 15.7. The number of hydrogen-bond acceptors (Lipinski definition) is 3. The molecule has 0 saturated heterocycles. The molecule has 3 nitrogen and oxygen atoms in total. The number of hydrogen-bond donors (Lipinski definition) is 0. The average Bonchev–Trinajstić information content (AvgIpc) is 2.55. The van der Waals surface area contributed by atoms with Gasteiger partial charge in [-0.25, -0.2) is 8.42 Å². The summed E-state index contributed by atoms with van der Waals surface area (Å²) < 4.78 is 35.6. The molecule has 0 amide bonds. The summed E-state index contributed by atoms with van der Waals surface area (Å²) in [6.07, 6.45) is 7.76. The maximum Gasteiger partial charge on any atom is 1.00 e. The summed E-state index contributed by atoms with van der Waals surface area (Å²) in [7, 11) is -4.47. The van der Waals surface area contributed by atoms with E-state index in [9.17, 15) is 13.0 Å². The van der Waals surface area contributed by atoms with Crippen LogP contribution in [-0.2, 0) is 23.0 Å². The molecule has 0 fully saturated rings. The molecule has 0 saturated carbocycles. The summed E-state index contributed by atoms with van der Waals surface area (Å²) in [4.78, 5) is -0.0104. The van der Waals surface area contributed by atoms with Gasteiger partial charge in [0.05, 0.1) is 4.90 Å². The molecule has 0 radical (unpaired) electrons. The topological polar surface area (TPSA) is 57.2 Å². The molecule has 132 valence electrons. The molecule has 2 aromatic carbocycles. The minimum atomic E-state index is -4.47. The summed E-state index contributed by atoms with van der Waals surface area (Å²) in [5.74, 6) is 0. The van der Waals surface area contributed by atoms with E-state index >= 15 is 0 Å². The van der Waals surface area contributed by atoms with Crippen LogP contribution in [0.3, 0.4) is 0 Å². The Balaban J connectivity index is 0.00000312. The van der Waals surface area contributed by atoms with Crippen molar-refractivity contribution in [2.45, 2.75) is 70.1 Å². The molecule has 25 heavy (non-hydrogen) atoms. The van der Waals surface area contributed by atoms with Crippen LogP contribution in [0.4, 0.5) is 0 Å². The largest absolute Gasteiger partial charge is 1.00 e. The Hall–Kier alpha value is 0.246. The number of rotatable bonds is 9. The molecular weight excluding hydrogens is 359 g/mol. The SMILES string of the molecule is CCCCCc1c(S(=O)(=O)[O-])cc2ccccc2c1CCCCC.[K+]. The summed E-state index contributed by atoms with van der Waals surface area (Å²) in [5.41, 5.74) is 1.82. The fourth-order valence-corrected chi connectivity index (χ4v) is 4.12. The molecular formula is C20H27KO3S. The maximum atomic E-state index is 11.9. The van der Waals surface area contributed by atoms with Gasteiger partial charge < -0.3 is 4.55 Å². The predicted molar refractivity (Wildman–Crippen MR) is 98.4 cm³/mol. The molecule has 2 rings (SSSR count). The predicted octanol–water partition coefficient (Wildman–Crippen LogP) is 2.21. The van der Waals surface area contributed by atoms with Gasteiger partial charge in [-0.15, -0.1) is 0 Å². The van der Waals surface area contributed by atoms with Gasteiger partial charge in [0, 0.05) is 0 Å². The van der Waals surface area contributed by atoms with Gasteiger partial charge in [-0.2, -0.15) is 0 Å². The van der Waals surface area contributed by atoms with Crippen LogP contribution in [0.15, 0.2) is 35.2 Å². The first-order valence-corrected chi connectivity index (χ1v) is 10.4. The molecule has 0 aliphatic rings. The van der Waals surface area contributed by atoms with Gasteiger partial charge in [0.25, 0.3) is 0 Å². The maximum absolute atomic E-state index is 11.9. The third-order valence-electron chi connectivity index (χ3n) is 4.56. The minimum absolute atomic E-state index is 0. The molecule has 0 atom stereocenters. The second-order valence-electron chi connectivity index (χ2n) is 6.42. The zero-order valence-corrected chi connectivity index (χ0v) is 19.6. The van der Waals surface area contributed by atoms with E-state index in [1.807, 2.05) is 24.3 Å². The molecule has 0 heterocycles. The first-order valence-electron chi connectivity index (χ1n) is 8.98. The van der Waals surface area contributed by atoms with Crippen LogP contribution in [0.5, 0.6) is 0 Å². The van der Waals surface area contributed by atoms with Crippen LogP contribution in [0.1, 0.15) is 63.5 Å². The second-order valence-corrected chi connectivity index (χ2v) is 7.77. The number of aryl methyl sites for hydroxylation is 1. The van der Waals surface area contributed by atoms with Crippen molar-refractivity contribution in [3.8, 4) is 0 Å². The fraction of sp³-hybridized carbons (Fsp3) is 0.500. The molecule has 0 aromatic heterocycles. The van der Waals surface area contributed by atoms with E-state index in [2.05, 4.69) is 13.8 Å². The van der Waals surface area contributed by atoms with Gasteiger partial charge in [-0.1, -0.05) is 63.8 Å². The Bertz CT molecular complexity index is 785. The van der Waals surface area contributed by atoms with Crippen LogP contribution < -0.4 is 51.4 Å². The summed E-state index contributed by atoms with van der Waals surface area (Å²) >= 11 is 0. The van der Waals surface area contributed by atoms with Crippen LogP contribution in [0.2, 0.25) is 0 Å². The van der Waals surface area contributed by atoms with E-state index in [1.54, 1.807) is 6.07 Å². The molecule has 0 aliphatic heterocycles. The number of fused-ring (bicyclic) bond motifs is 1. The molecule has 0 unspecified atom stereocenters. The molecule has 0 bridgehead atoms. The first kappa shape index (κ1) is 23.3. The monoisotopic (exact) mass is 386 g/mol. The summed E-state index contributed by atoms with van der Waals surface area (Å²) in [6, 6.07) is 9.37. The van der Waals surface area contributed by atoms with Crippen molar-refractivity contribution in [1.29, 1.82) is 0 Å². The minimum Gasteiger partial charge on any atom is -0.744 e. The van der Waals surface area contributed by atoms with Gasteiger partial charge in [-0.05, 0) is 53.6 Å². The van der Waals surface area contributed by atoms with Crippen molar-refractivity contribution in [1.82, 2.24) is 0 Å². The Morgan fingerprint density at radius 1 is 0.880 bits per heavy atom. The third-order valence-corrected chi connectivity index (χ3v) is 5.47. The van der Waals surface area contributed by atoms with Crippen molar-refractivity contribution in [2.24, 2.45) is 0 Å². The van der Waals surface area contributed by atoms with Gasteiger partial charge in [0.15, 0.2) is 0 Å². The van der Waals surface area contributed by atoms with Crippen LogP contribution in [-0.4, -0.2) is 13.0 Å². The Morgan fingerprint density at radius 3 is 2.00 bits per heavy atom. The van der Waals surface area contributed by atoms with Crippen molar-refractivity contribution >= 4 is 20.9 Å². The second kappa shape index (κ2) is 11.2. The third kappa shape index (κ3) is 6.42. The molecule has 5 heteroatoms. The zero-order chi connectivity index (χ0) is 17.6. The van der Waals surface area contributed by atoms with Gasteiger partial charge >= 0.3 is 51.4 Å². The van der Waals surface area contributed by atoms with Crippen LogP contribution >= 0.6 is 0 Å². The average molecular weight is 387 g/mol. The first-order chi connectivity index (χ1) is 11.5. The van der Waals surface area contributed by atoms with E-state index in [1.165, 1.54) is 0 Å². The van der Waals surface area contributed by atoms with Crippen LogP contribution in [0, 0.1) is 0 Å². The van der Waals surface area contributed by atoms with E-state index < -0.39 is 10.1 Å². The number of benzene rings is 2. The van der Waals surface area contributed by atoms with Crippen molar-refractivity contribution in [3.63, 3.8) is 0 Å². The fourth-order valence-electron chi connectivity index (χ4n) is 3.32. The van der Waals surface area contributed by atoms with Crippen LogP contribution in [0.25, 0.3) is 10.8 Å². The summed E-state index contributed by atoms with van der Waals surface area (Å²) in [6.45, 7) is 4.27. The number of unbranched alkanes of at least 4 members (excludes halogenated alkanes) is 4. The standard InChI is InChI=1S/C20H28O3S.K/c1-3-5-7-13-18-17-12-10-9-11-16(17)15-20(24(21,22)23)19(18)14-8-6-4-2;/h9-12,15H,3-8,13-14H2,1-2H3,(H,21,22,23);/q;+1/p-1. The van der Waals surface area contributed by atoms with E-state index in [0.29, 0.717) is 6.42 Å². The Labute approximate surface area is 194 Å². The smallest absolute Gasteiger partial charge is 0.744 e. The molecule has 0 spiro atoms. The molecule has 0 N–H and O–H groups in total. The summed E-state index contributed by atoms with van der Waals surface area (Å²) in [5, 5.41) is 1.94. The Kier molecular flexibility index (Phi) is 10.4. The van der Waals surface area contributed by atoms with E-state index in [-0.39, 0.29) is 56.3 Å². The van der Waals surface area contributed by atoms with E-state index in [4.69, 9.17) is 0 Å². The molecule has 0 aliphatic carbocycles. The van der Waals surface area contributed by atoms with Gasteiger partial charge in [0.1, 0.15) is 10.1 Å². The van der Waals surface area contributed by atoms with Gasteiger partial charge in [-0.3, -0.25) is 0 Å². The van der Waals surface area contributed by atoms with Gasteiger partial charge in [0.2, 0.25) is 0 Å². The van der Waals surface area contributed by atoms with Crippen molar-refractivity contribution in [3.05, 3.63) is 41.5 Å². The Morgan fingerprint density at radius 2 is 1.44 bits per heavy atom. The molecule has 2 aromatic rings. The van der Waals surface area contributed by atoms with Crippen molar-refractivity contribution < 1.29 is 64.4 Å².